The average Bonchev–Trinajstić information content (AvgIpc) is 3.18. The molecular formula is C16H18ClN3O. The molecule has 110 valence electrons. The standard InChI is InChI=1S/C16H18ClN3O/c1-12(21)20(15-5-6-15)11-16-18-7-8-19(16)10-13-3-2-4-14(17)9-13/h2-4,7-9,15H,5-6,10-11H2,1H3. The second-order valence-electron chi connectivity index (χ2n) is 5.48. The fraction of sp³-hybridized carbons (Fsp3) is 0.375. The van der Waals surface area contributed by atoms with Crippen molar-refractivity contribution >= 4 is 17.5 Å². The summed E-state index contributed by atoms with van der Waals surface area (Å²) in [5, 5.41) is 0.734. The Morgan fingerprint density at radius 3 is 2.95 bits per heavy atom. The van der Waals surface area contributed by atoms with E-state index in [-0.39, 0.29) is 5.91 Å². The van der Waals surface area contributed by atoms with E-state index in [4.69, 9.17) is 11.6 Å². The molecule has 5 heteroatoms. The average molecular weight is 304 g/mol. The van der Waals surface area contributed by atoms with E-state index in [2.05, 4.69) is 9.55 Å². The third kappa shape index (κ3) is 3.45. The molecule has 1 fully saturated rings. The lowest BCUT2D eigenvalue weighted by atomic mass is 10.2. The molecule has 4 nitrogen and oxygen atoms in total. The predicted octanol–water partition coefficient (Wildman–Crippen LogP) is 3.10. The smallest absolute Gasteiger partial charge is 0.220 e. The first-order valence-electron chi connectivity index (χ1n) is 7.15. The number of halogens is 1. The van der Waals surface area contributed by atoms with Crippen LogP contribution in [0.2, 0.25) is 5.02 Å². The van der Waals surface area contributed by atoms with Crippen LogP contribution >= 0.6 is 11.6 Å². The number of amides is 1. The third-order valence-electron chi connectivity index (χ3n) is 3.75. The van der Waals surface area contributed by atoms with Crippen LogP contribution in [0.4, 0.5) is 0 Å². The van der Waals surface area contributed by atoms with Gasteiger partial charge in [-0.15, -0.1) is 0 Å². The Kier molecular flexibility index (Phi) is 3.97. The van der Waals surface area contributed by atoms with Crippen LogP contribution in [0, 0.1) is 0 Å². The van der Waals surface area contributed by atoms with Gasteiger partial charge in [-0.1, -0.05) is 23.7 Å². The number of rotatable bonds is 5. The van der Waals surface area contributed by atoms with Gasteiger partial charge in [0.2, 0.25) is 5.91 Å². The summed E-state index contributed by atoms with van der Waals surface area (Å²) in [5.41, 5.74) is 1.13. The van der Waals surface area contributed by atoms with Gasteiger partial charge in [0.1, 0.15) is 5.82 Å². The largest absolute Gasteiger partial charge is 0.332 e. The summed E-state index contributed by atoms with van der Waals surface area (Å²) in [6.45, 7) is 2.92. The molecule has 0 saturated heterocycles. The fourth-order valence-electron chi connectivity index (χ4n) is 2.50. The van der Waals surface area contributed by atoms with E-state index in [1.807, 2.05) is 35.4 Å². The highest BCUT2D eigenvalue weighted by atomic mass is 35.5. The molecule has 1 aromatic carbocycles. The zero-order chi connectivity index (χ0) is 14.8. The van der Waals surface area contributed by atoms with Crippen LogP contribution in [0.1, 0.15) is 31.2 Å². The number of hydrogen-bond acceptors (Lipinski definition) is 2. The van der Waals surface area contributed by atoms with Crippen molar-refractivity contribution in [1.82, 2.24) is 14.5 Å². The second kappa shape index (κ2) is 5.90. The lowest BCUT2D eigenvalue weighted by Gasteiger charge is -2.20. The first kappa shape index (κ1) is 14.1. The van der Waals surface area contributed by atoms with Crippen molar-refractivity contribution in [2.45, 2.75) is 38.9 Å². The van der Waals surface area contributed by atoms with Crippen molar-refractivity contribution in [2.75, 3.05) is 0 Å². The molecule has 0 N–H and O–H groups in total. The Morgan fingerprint density at radius 1 is 1.48 bits per heavy atom. The quantitative estimate of drug-likeness (QED) is 0.851. The Labute approximate surface area is 129 Å². The highest BCUT2D eigenvalue weighted by Gasteiger charge is 2.31. The molecule has 0 bridgehead atoms. The molecule has 0 atom stereocenters. The highest BCUT2D eigenvalue weighted by molar-refractivity contribution is 6.30. The van der Waals surface area contributed by atoms with Crippen molar-refractivity contribution in [1.29, 1.82) is 0 Å². The van der Waals surface area contributed by atoms with E-state index >= 15 is 0 Å². The maximum Gasteiger partial charge on any atom is 0.220 e. The minimum Gasteiger partial charge on any atom is -0.332 e. The van der Waals surface area contributed by atoms with Crippen LogP contribution in [0.5, 0.6) is 0 Å². The number of carbonyl (C=O) groups excluding carboxylic acids is 1. The Morgan fingerprint density at radius 2 is 2.29 bits per heavy atom. The van der Waals surface area contributed by atoms with E-state index in [0.717, 1.165) is 29.3 Å². The summed E-state index contributed by atoms with van der Waals surface area (Å²) in [6.07, 6.45) is 5.94. The van der Waals surface area contributed by atoms with E-state index in [1.54, 1.807) is 13.1 Å². The second-order valence-corrected chi connectivity index (χ2v) is 5.92. The topological polar surface area (TPSA) is 38.1 Å². The van der Waals surface area contributed by atoms with Gasteiger partial charge in [-0.25, -0.2) is 4.98 Å². The molecule has 0 aliphatic heterocycles. The zero-order valence-corrected chi connectivity index (χ0v) is 12.8. The number of aromatic nitrogens is 2. The third-order valence-corrected chi connectivity index (χ3v) is 3.98. The van der Waals surface area contributed by atoms with Crippen LogP contribution in [0.25, 0.3) is 0 Å². The number of nitrogens with zero attached hydrogens (tertiary/aromatic N) is 3. The monoisotopic (exact) mass is 303 g/mol. The normalized spacial score (nSPS) is 14.2. The van der Waals surface area contributed by atoms with Gasteiger partial charge < -0.3 is 9.47 Å². The van der Waals surface area contributed by atoms with Crippen molar-refractivity contribution in [3.8, 4) is 0 Å². The molecular weight excluding hydrogens is 286 g/mol. The fourth-order valence-corrected chi connectivity index (χ4v) is 2.72. The van der Waals surface area contributed by atoms with E-state index in [1.165, 1.54) is 0 Å². The molecule has 0 unspecified atom stereocenters. The first-order chi connectivity index (χ1) is 10.1. The molecule has 1 saturated carbocycles. The molecule has 1 heterocycles. The van der Waals surface area contributed by atoms with Gasteiger partial charge in [0.05, 0.1) is 6.54 Å². The summed E-state index contributed by atoms with van der Waals surface area (Å²) < 4.78 is 2.07. The van der Waals surface area contributed by atoms with Crippen LogP contribution < -0.4 is 0 Å². The number of imidazole rings is 1. The lowest BCUT2D eigenvalue weighted by molar-refractivity contribution is -0.130. The summed E-state index contributed by atoms with van der Waals surface area (Å²) in [5.74, 6) is 1.03. The summed E-state index contributed by atoms with van der Waals surface area (Å²) in [4.78, 5) is 18.1. The molecule has 0 radical (unpaired) electrons. The molecule has 2 aromatic rings. The molecule has 1 aliphatic rings. The van der Waals surface area contributed by atoms with Gasteiger partial charge in [-0.3, -0.25) is 4.79 Å². The molecule has 1 aromatic heterocycles. The lowest BCUT2D eigenvalue weighted by Crippen LogP contribution is -2.31. The van der Waals surface area contributed by atoms with Crippen LogP contribution in [-0.2, 0) is 17.9 Å². The molecule has 1 aliphatic carbocycles. The number of benzene rings is 1. The zero-order valence-electron chi connectivity index (χ0n) is 12.0. The Bertz CT molecular complexity index is 648. The van der Waals surface area contributed by atoms with Gasteiger partial charge in [-0.2, -0.15) is 0 Å². The van der Waals surface area contributed by atoms with Crippen LogP contribution in [0.15, 0.2) is 36.7 Å². The van der Waals surface area contributed by atoms with Crippen LogP contribution in [-0.4, -0.2) is 26.4 Å². The molecule has 3 rings (SSSR count). The summed E-state index contributed by atoms with van der Waals surface area (Å²) in [6, 6.07) is 8.21. The van der Waals surface area contributed by atoms with E-state index in [9.17, 15) is 4.79 Å². The molecule has 0 spiro atoms. The van der Waals surface area contributed by atoms with Gasteiger partial charge >= 0.3 is 0 Å². The van der Waals surface area contributed by atoms with Crippen molar-refractivity contribution in [3.63, 3.8) is 0 Å². The van der Waals surface area contributed by atoms with Gasteiger partial charge in [0.15, 0.2) is 0 Å². The molecule has 1 amide bonds. The minimum atomic E-state index is 0.120. The van der Waals surface area contributed by atoms with Gasteiger partial charge in [-0.05, 0) is 30.5 Å². The first-order valence-corrected chi connectivity index (χ1v) is 7.53. The summed E-state index contributed by atoms with van der Waals surface area (Å²) in [7, 11) is 0. The maximum absolute atomic E-state index is 11.7. The Hall–Kier alpha value is -1.81. The van der Waals surface area contributed by atoms with E-state index in [0.29, 0.717) is 19.1 Å². The van der Waals surface area contributed by atoms with Gasteiger partial charge in [0.25, 0.3) is 0 Å². The SMILES string of the molecule is CC(=O)N(Cc1nccn1Cc1cccc(Cl)c1)C1CC1. The van der Waals surface area contributed by atoms with Gasteiger partial charge in [0, 0.05) is 36.9 Å². The Balaban J connectivity index is 1.75. The number of carbonyl (C=O) groups is 1. The minimum absolute atomic E-state index is 0.120. The van der Waals surface area contributed by atoms with E-state index < -0.39 is 0 Å². The summed E-state index contributed by atoms with van der Waals surface area (Å²) >= 11 is 6.02. The molecule has 21 heavy (non-hydrogen) atoms. The van der Waals surface area contributed by atoms with Crippen molar-refractivity contribution < 1.29 is 4.79 Å². The maximum atomic E-state index is 11.7. The van der Waals surface area contributed by atoms with Crippen molar-refractivity contribution in [2.24, 2.45) is 0 Å². The highest BCUT2D eigenvalue weighted by Crippen LogP contribution is 2.28. The van der Waals surface area contributed by atoms with Crippen molar-refractivity contribution in [3.05, 3.63) is 53.1 Å². The predicted molar refractivity (Wildman–Crippen MR) is 82.0 cm³/mol. The number of hydrogen-bond donors (Lipinski definition) is 0. The van der Waals surface area contributed by atoms with Crippen LogP contribution in [0.3, 0.4) is 0 Å².